The molecular weight excluding hydrogens is 254 g/mol. The predicted octanol–water partition coefficient (Wildman–Crippen LogP) is 0.434. The van der Waals surface area contributed by atoms with E-state index in [4.69, 9.17) is 5.11 Å². The number of aliphatic hydroxyl groups is 1. The van der Waals surface area contributed by atoms with Gasteiger partial charge in [-0.25, -0.2) is 0 Å². The van der Waals surface area contributed by atoms with E-state index in [9.17, 15) is 4.79 Å². The van der Waals surface area contributed by atoms with Crippen molar-refractivity contribution in [2.45, 2.75) is 51.1 Å². The van der Waals surface area contributed by atoms with Crippen molar-refractivity contribution in [2.24, 2.45) is 0 Å². The lowest BCUT2D eigenvalue weighted by Crippen LogP contribution is -2.54. The van der Waals surface area contributed by atoms with Gasteiger partial charge >= 0.3 is 0 Å². The summed E-state index contributed by atoms with van der Waals surface area (Å²) in [6.07, 6.45) is 5.49. The van der Waals surface area contributed by atoms with Gasteiger partial charge in [-0.05, 0) is 45.6 Å². The summed E-state index contributed by atoms with van der Waals surface area (Å²) in [7, 11) is 0. The molecule has 1 aliphatic carbocycles. The quantitative estimate of drug-likeness (QED) is 0.635. The van der Waals surface area contributed by atoms with Gasteiger partial charge in [0.1, 0.15) is 0 Å². The molecule has 1 aliphatic heterocycles. The molecule has 0 bridgehead atoms. The number of nitrogens with zero attached hydrogens (tertiary/aromatic N) is 2. The van der Waals surface area contributed by atoms with Crippen molar-refractivity contribution in [3.8, 4) is 0 Å². The molecule has 5 nitrogen and oxygen atoms in total. The van der Waals surface area contributed by atoms with Gasteiger partial charge in [-0.2, -0.15) is 0 Å². The molecule has 2 aliphatic rings. The van der Waals surface area contributed by atoms with Crippen molar-refractivity contribution in [3.05, 3.63) is 0 Å². The summed E-state index contributed by atoms with van der Waals surface area (Å²) in [6, 6.07) is 0.463. The summed E-state index contributed by atoms with van der Waals surface area (Å²) >= 11 is 0. The Bertz CT molecular complexity index is 299. The average Bonchev–Trinajstić information content (AvgIpc) is 3.27. The van der Waals surface area contributed by atoms with Crippen LogP contribution in [0.5, 0.6) is 0 Å². The number of amides is 1. The number of aliphatic hydroxyl groups excluding tert-OH is 1. The average molecular weight is 283 g/mol. The number of carbonyl (C=O) groups is 1. The molecular formula is C15H29N3O2. The first-order valence-electron chi connectivity index (χ1n) is 8.08. The topological polar surface area (TPSA) is 55.8 Å². The smallest absolute Gasteiger partial charge is 0.237 e. The standard InChI is InChI=1S/C15H29N3O2/c1-13(15(20)16-14-5-6-14)18-10-8-17(9-11-18)7-3-2-4-12-19/h13-14,19H,2-12H2,1H3,(H,16,20). The normalized spacial score (nSPS) is 22.7. The van der Waals surface area contributed by atoms with Crippen LogP contribution < -0.4 is 5.32 Å². The molecule has 116 valence electrons. The summed E-state index contributed by atoms with van der Waals surface area (Å²) < 4.78 is 0. The van der Waals surface area contributed by atoms with Gasteiger partial charge in [-0.3, -0.25) is 9.69 Å². The Kier molecular flexibility index (Phi) is 6.26. The molecule has 0 aromatic rings. The van der Waals surface area contributed by atoms with Crippen LogP contribution in [-0.2, 0) is 4.79 Å². The fraction of sp³-hybridized carbons (Fsp3) is 0.933. The molecule has 0 spiro atoms. The van der Waals surface area contributed by atoms with Crippen LogP contribution in [0.25, 0.3) is 0 Å². The molecule has 0 aromatic heterocycles. The predicted molar refractivity (Wildman–Crippen MR) is 79.6 cm³/mol. The van der Waals surface area contributed by atoms with Crippen LogP contribution in [0.4, 0.5) is 0 Å². The van der Waals surface area contributed by atoms with E-state index in [0.717, 1.165) is 64.8 Å². The van der Waals surface area contributed by atoms with Crippen LogP contribution >= 0.6 is 0 Å². The van der Waals surface area contributed by atoms with Crippen LogP contribution in [0.1, 0.15) is 39.0 Å². The summed E-state index contributed by atoms with van der Waals surface area (Å²) in [5, 5.41) is 11.9. The van der Waals surface area contributed by atoms with Crippen molar-refractivity contribution < 1.29 is 9.90 Å². The zero-order chi connectivity index (χ0) is 14.4. The van der Waals surface area contributed by atoms with E-state index in [1.165, 1.54) is 0 Å². The molecule has 1 unspecified atom stereocenters. The fourth-order valence-corrected chi connectivity index (χ4v) is 2.71. The Labute approximate surface area is 122 Å². The highest BCUT2D eigenvalue weighted by atomic mass is 16.2. The molecule has 5 heteroatoms. The Balaban J connectivity index is 1.61. The minimum absolute atomic E-state index is 0.00661. The second kappa shape index (κ2) is 7.96. The highest BCUT2D eigenvalue weighted by Crippen LogP contribution is 2.19. The number of rotatable bonds is 8. The largest absolute Gasteiger partial charge is 0.396 e. The first-order chi connectivity index (χ1) is 9.70. The van der Waals surface area contributed by atoms with Gasteiger partial charge in [0.15, 0.2) is 0 Å². The molecule has 0 aromatic carbocycles. The zero-order valence-electron chi connectivity index (χ0n) is 12.7. The number of piperazine rings is 1. The Hall–Kier alpha value is -0.650. The summed E-state index contributed by atoms with van der Waals surface area (Å²) in [5.74, 6) is 0.198. The fourth-order valence-electron chi connectivity index (χ4n) is 2.71. The highest BCUT2D eigenvalue weighted by molar-refractivity contribution is 5.81. The third-order valence-electron chi connectivity index (χ3n) is 4.39. The summed E-state index contributed by atoms with van der Waals surface area (Å²) in [6.45, 7) is 7.53. The molecule has 0 radical (unpaired) electrons. The van der Waals surface area contributed by atoms with Crippen LogP contribution in [0.3, 0.4) is 0 Å². The monoisotopic (exact) mass is 283 g/mol. The van der Waals surface area contributed by atoms with Crippen molar-refractivity contribution in [2.75, 3.05) is 39.3 Å². The first kappa shape index (κ1) is 15.7. The van der Waals surface area contributed by atoms with Gasteiger partial charge in [0.05, 0.1) is 6.04 Å². The maximum Gasteiger partial charge on any atom is 0.237 e. The molecule has 1 heterocycles. The van der Waals surface area contributed by atoms with Crippen LogP contribution in [0.15, 0.2) is 0 Å². The highest BCUT2D eigenvalue weighted by Gasteiger charge is 2.29. The van der Waals surface area contributed by atoms with E-state index in [1.54, 1.807) is 0 Å². The lowest BCUT2D eigenvalue weighted by atomic mass is 10.2. The molecule has 1 saturated carbocycles. The summed E-state index contributed by atoms with van der Waals surface area (Å²) in [5.41, 5.74) is 0. The molecule has 2 N–H and O–H groups in total. The van der Waals surface area contributed by atoms with E-state index in [-0.39, 0.29) is 11.9 Å². The molecule has 2 rings (SSSR count). The van der Waals surface area contributed by atoms with Crippen LogP contribution in [0.2, 0.25) is 0 Å². The van der Waals surface area contributed by atoms with E-state index in [2.05, 4.69) is 15.1 Å². The molecule has 20 heavy (non-hydrogen) atoms. The van der Waals surface area contributed by atoms with Crippen molar-refractivity contribution >= 4 is 5.91 Å². The van der Waals surface area contributed by atoms with Gasteiger partial charge in [0, 0.05) is 38.8 Å². The van der Waals surface area contributed by atoms with Crippen molar-refractivity contribution in [3.63, 3.8) is 0 Å². The molecule has 1 atom stereocenters. The maximum atomic E-state index is 12.0. The molecule has 1 saturated heterocycles. The van der Waals surface area contributed by atoms with Crippen molar-refractivity contribution in [1.29, 1.82) is 0 Å². The third-order valence-corrected chi connectivity index (χ3v) is 4.39. The van der Waals surface area contributed by atoms with Gasteiger partial charge in [-0.1, -0.05) is 0 Å². The van der Waals surface area contributed by atoms with Crippen molar-refractivity contribution in [1.82, 2.24) is 15.1 Å². The maximum absolute atomic E-state index is 12.0. The Morgan fingerprint density at radius 1 is 1.20 bits per heavy atom. The second-order valence-electron chi connectivity index (χ2n) is 6.12. The molecule has 1 amide bonds. The van der Waals surface area contributed by atoms with E-state index < -0.39 is 0 Å². The Morgan fingerprint density at radius 3 is 2.50 bits per heavy atom. The zero-order valence-corrected chi connectivity index (χ0v) is 12.7. The van der Waals surface area contributed by atoms with E-state index >= 15 is 0 Å². The van der Waals surface area contributed by atoms with Gasteiger partial charge in [0.2, 0.25) is 5.91 Å². The van der Waals surface area contributed by atoms with Crippen LogP contribution in [-0.4, -0.2) is 72.2 Å². The van der Waals surface area contributed by atoms with E-state index in [1.807, 2.05) is 6.92 Å². The van der Waals surface area contributed by atoms with Crippen LogP contribution in [0, 0.1) is 0 Å². The lowest BCUT2D eigenvalue weighted by molar-refractivity contribution is -0.126. The van der Waals surface area contributed by atoms with Gasteiger partial charge < -0.3 is 15.3 Å². The van der Waals surface area contributed by atoms with Gasteiger partial charge in [-0.15, -0.1) is 0 Å². The number of unbranched alkanes of at least 4 members (excludes halogenated alkanes) is 2. The minimum atomic E-state index is 0.00661. The number of hydrogen-bond donors (Lipinski definition) is 2. The third kappa shape index (κ3) is 5.04. The molecule has 2 fully saturated rings. The Morgan fingerprint density at radius 2 is 1.90 bits per heavy atom. The first-order valence-corrected chi connectivity index (χ1v) is 8.08. The lowest BCUT2D eigenvalue weighted by Gasteiger charge is -2.37. The minimum Gasteiger partial charge on any atom is -0.396 e. The number of nitrogens with one attached hydrogen (secondary N) is 1. The van der Waals surface area contributed by atoms with E-state index in [0.29, 0.717) is 12.6 Å². The second-order valence-corrected chi connectivity index (χ2v) is 6.12. The SMILES string of the molecule is CC(C(=O)NC1CC1)N1CCN(CCCCCO)CC1. The van der Waals surface area contributed by atoms with Gasteiger partial charge in [0.25, 0.3) is 0 Å². The number of carbonyl (C=O) groups excluding carboxylic acids is 1. The summed E-state index contributed by atoms with van der Waals surface area (Å²) in [4.78, 5) is 16.8. The number of hydrogen-bond acceptors (Lipinski definition) is 4.